The molecule has 0 amide bonds. The molecule has 164 valence electrons. The molecule has 2 heterocycles. The molecule has 1 unspecified atom stereocenters. The van der Waals surface area contributed by atoms with Crippen LogP contribution in [0.15, 0.2) is 69.6 Å². The molecule has 32 heavy (non-hydrogen) atoms. The number of rotatable bonds is 4. The monoisotopic (exact) mass is 451 g/mol. The summed E-state index contributed by atoms with van der Waals surface area (Å²) >= 11 is 6.39. The Kier molecular flexibility index (Phi) is 5.93. The summed E-state index contributed by atoms with van der Waals surface area (Å²) < 4.78 is 0. The van der Waals surface area contributed by atoms with Crippen molar-refractivity contribution in [2.75, 3.05) is 17.7 Å². The third-order valence-electron chi connectivity index (χ3n) is 5.13. The van der Waals surface area contributed by atoms with Crippen LogP contribution in [0.4, 0.5) is 17.2 Å². The Morgan fingerprint density at radius 2 is 2.03 bits per heavy atom. The quantitative estimate of drug-likeness (QED) is 0.356. The van der Waals surface area contributed by atoms with Gasteiger partial charge in [-0.1, -0.05) is 35.9 Å². The molecular formula is C22H22ClN7O2. The lowest BCUT2D eigenvalue weighted by atomic mass is 10.0. The maximum absolute atomic E-state index is 12.3. The molecule has 5 N–H and O–H groups in total. The maximum Gasteiger partial charge on any atom is 0.285 e. The number of nitrogens with zero attached hydrogens (tertiary/aromatic N) is 4. The van der Waals surface area contributed by atoms with Crippen molar-refractivity contribution in [3.63, 3.8) is 0 Å². The molecule has 10 heteroatoms. The molecule has 1 aliphatic heterocycles. The van der Waals surface area contributed by atoms with E-state index in [2.05, 4.69) is 20.3 Å². The van der Waals surface area contributed by atoms with E-state index in [1.165, 1.54) is 6.33 Å². The van der Waals surface area contributed by atoms with Gasteiger partial charge in [-0.25, -0.2) is 4.99 Å². The molecule has 0 fully saturated rings. The second kappa shape index (κ2) is 8.81. The largest absolute Gasteiger partial charge is 0.384 e. The van der Waals surface area contributed by atoms with Gasteiger partial charge in [0.05, 0.1) is 23.1 Å². The number of aliphatic imine (C=N–C) groups is 2. The second-order valence-electron chi connectivity index (χ2n) is 7.16. The van der Waals surface area contributed by atoms with Gasteiger partial charge in [-0.2, -0.15) is 4.98 Å². The number of fused-ring (bicyclic) bond motifs is 1. The highest BCUT2D eigenvalue weighted by Crippen LogP contribution is 2.40. The van der Waals surface area contributed by atoms with Crippen LogP contribution in [-0.4, -0.2) is 39.8 Å². The molecule has 0 saturated heterocycles. The van der Waals surface area contributed by atoms with Crippen molar-refractivity contribution < 1.29 is 5.11 Å². The summed E-state index contributed by atoms with van der Waals surface area (Å²) in [6.45, 7) is 1.85. The molecule has 2 aromatic carbocycles. The first kappa shape index (κ1) is 21.5. The number of amidine groups is 2. The van der Waals surface area contributed by atoms with Gasteiger partial charge >= 0.3 is 0 Å². The average Bonchev–Trinajstić information content (AvgIpc) is 2.78. The third kappa shape index (κ3) is 3.83. The average molecular weight is 452 g/mol. The van der Waals surface area contributed by atoms with Crippen LogP contribution >= 0.6 is 11.6 Å². The number of aliphatic hydroxyl groups is 1. The van der Waals surface area contributed by atoms with Gasteiger partial charge < -0.3 is 21.1 Å². The van der Waals surface area contributed by atoms with Gasteiger partial charge in [-0.15, -0.1) is 0 Å². The van der Waals surface area contributed by atoms with Crippen LogP contribution in [0.2, 0.25) is 5.02 Å². The number of nitrogen functional groups attached to an aromatic ring is 1. The molecule has 1 aliphatic rings. The smallest absolute Gasteiger partial charge is 0.285 e. The Balaban J connectivity index is 1.79. The Morgan fingerprint density at radius 1 is 1.28 bits per heavy atom. The molecule has 3 aromatic rings. The predicted molar refractivity (Wildman–Crippen MR) is 127 cm³/mol. The molecule has 0 bridgehead atoms. The number of nitrogens with two attached hydrogens (primary N) is 1. The number of aromatic amines is 1. The van der Waals surface area contributed by atoms with E-state index in [0.717, 1.165) is 5.69 Å². The number of nitrogens with one attached hydrogen (secondary N) is 2. The first-order chi connectivity index (χ1) is 15.4. The van der Waals surface area contributed by atoms with E-state index in [9.17, 15) is 9.90 Å². The molecule has 0 radical (unpaired) electrons. The minimum Gasteiger partial charge on any atom is -0.384 e. The van der Waals surface area contributed by atoms with Gasteiger partial charge in [-0.05, 0) is 31.2 Å². The standard InChI is InChI=1S/C22H22ClN7O2/c1-12(28-19(25-2)17-18(24)26-11-27-21(17)31)20-29-15-10-6-9-14(23)16(15)22(32)30(20)13-7-4-3-5-8-13/h3-12,22,32H,1-2H3,(H,25,28)(H3,24,26,27,31)/t12-,22?/m0/s1. The highest BCUT2D eigenvalue weighted by atomic mass is 35.5. The fourth-order valence-corrected chi connectivity index (χ4v) is 3.90. The zero-order chi connectivity index (χ0) is 22.8. The van der Waals surface area contributed by atoms with Gasteiger partial charge in [-0.3, -0.25) is 14.7 Å². The Bertz CT molecular complexity index is 1260. The summed E-state index contributed by atoms with van der Waals surface area (Å²) in [6.07, 6.45) is 0.170. The van der Waals surface area contributed by atoms with Gasteiger partial charge in [0.2, 0.25) is 0 Å². The van der Waals surface area contributed by atoms with Crippen LogP contribution in [-0.2, 0) is 0 Å². The number of halogens is 1. The van der Waals surface area contributed by atoms with Crippen LogP contribution in [0.5, 0.6) is 0 Å². The maximum atomic E-state index is 12.3. The first-order valence-electron chi connectivity index (χ1n) is 9.88. The molecule has 0 saturated carbocycles. The van der Waals surface area contributed by atoms with Crippen molar-refractivity contribution >= 4 is 40.5 Å². The SMILES string of the molecule is C/N=C(/N[C@@H](C)C1=Nc2cccc(Cl)c2C(O)N1c1ccccc1)c1c(N)[nH]cnc1=O. The summed E-state index contributed by atoms with van der Waals surface area (Å²) in [5.41, 5.74) is 7.40. The zero-order valence-corrected chi connectivity index (χ0v) is 18.2. The number of aliphatic hydroxyl groups excluding tert-OH is 1. The third-order valence-corrected chi connectivity index (χ3v) is 5.46. The second-order valence-corrected chi connectivity index (χ2v) is 7.56. The van der Waals surface area contributed by atoms with Crippen molar-refractivity contribution in [2.45, 2.75) is 19.2 Å². The van der Waals surface area contributed by atoms with Crippen LogP contribution in [0.1, 0.15) is 24.3 Å². The van der Waals surface area contributed by atoms with Gasteiger partial charge in [0.1, 0.15) is 23.1 Å². The Hall–Kier alpha value is -3.69. The lowest BCUT2D eigenvalue weighted by Gasteiger charge is -2.38. The van der Waals surface area contributed by atoms with Crippen LogP contribution < -0.4 is 21.5 Å². The van der Waals surface area contributed by atoms with E-state index >= 15 is 0 Å². The number of H-pyrrole nitrogens is 1. The van der Waals surface area contributed by atoms with E-state index in [1.807, 2.05) is 37.3 Å². The normalized spacial score (nSPS) is 16.9. The Labute approximate surface area is 189 Å². The summed E-state index contributed by atoms with van der Waals surface area (Å²) in [4.78, 5) is 29.4. The van der Waals surface area contributed by atoms with Crippen LogP contribution in [0.3, 0.4) is 0 Å². The topological polar surface area (TPSA) is 132 Å². The number of para-hydroxylation sites is 1. The van der Waals surface area contributed by atoms with Gasteiger partial charge in [0.15, 0.2) is 6.23 Å². The van der Waals surface area contributed by atoms with Gasteiger partial charge in [0, 0.05) is 18.3 Å². The number of benzene rings is 2. The molecule has 4 rings (SSSR count). The van der Waals surface area contributed by atoms with Crippen molar-refractivity contribution in [3.05, 3.63) is 81.4 Å². The lowest BCUT2D eigenvalue weighted by Crippen LogP contribution is -2.50. The van der Waals surface area contributed by atoms with E-state index in [-0.39, 0.29) is 17.2 Å². The fraction of sp³-hybridized carbons (Fsp3) is 0.182. The highest BCUT2D eigenvalue weighted by Gasteiger charge is 2.34. The summed E-state index contributed by atoms with van der Waals surface area (Å²) in [5, 5.41) is 14.9. The molecule has 9 nitrogen and oxygen atoms in total. The van der Waals surface area contributed by atoms with Crippen LogP contribution in [0, 0.1) is 0 Å². The first-order valence-corrected chi connectivity index (χ1v) is 10.3. The summed E-state index contributed by atoms with van der Waals surface area (Å²) in [5.74, 6) is 0.915. The van der Waals surface area contributed by atoms with Crippen molar-refractivity contribution in [1.29, 1.82) is 0 Å². The zero-order valence-electron chi connectivity index (χ0n) is 17.5. The number of hydrogen-bond donors (Lipinski definition) is 4. The van der Waals surface area contributed by atoms with Crippen molar-refractivity contribution in [1.82, 2.24) is 15.3 Å². The molecule has 0 spiro atoms. The molecule has 1 aromatic heterocycles. The van der Waals surface area contributed by atoms with E-state index in [1.54, 1.807) is 30.1 Å². The van der Waals surface area contributed by atoms with Gasteiger partial charge in [0.25, 0.3) is 5.56 Å². The molecule has 2 atom stereocenters. The van der Waals surface area contributed by atoms with Crippen molar-refractivity contribution in [2.24, 2.45) is 9.98 Å². The predicted octanol–water partition coefficient (Wildman–Crippen LogP) is 2.60. The lowest BCUT2D eigenvalue weighted by molar-refractivity contribution is 0.186. The number of hydrogen-bond acceptors (Lipinski definition) is 7. The minimum atomic E-state index is -1.06. The molecular weight excluding hydrogens is 430 g/mol. The summed E-state index contributed by atoms with van der Waals surface area (Å²) in [6, 6.07) is 14.2. The fourth-order valence-electron chi connectivity index (χ4n) is 3.64. The summed E-state index contributed by atoms with van der Waals surface area (Å²) in [7, 11) is 1.54. The minimum absolute atomic E-state index is 0.133. The number of anilines is 2. The number of aromatic nitrogens is 2. The molecule has 0 aliphatic carbocycles. The van der Waals surface area contributed by atoms with E-state index in [0.29, 0.717) is 22.1 Å². The highest BCUT2D eigenvalue weighted by molar-refractivity contribution is 6.32. The van der Waals surface area contributed by atoms with E-state index < -0.39 is 17.8 Å². The van der Waals surface area contributed by atoms with Crippen LogP contribution in [0.25, 0.3) is 0 Å². The van der Waals surface area contributed by atoms with Crippen molar-refractivity contribution in [3.8, 4) is 0 Å². The van der Waals surface area contributed by atoms with E-state index in [4.69, 9.17) is 22.3 Å². The Morgan fingerprint density at radius 3 is 2.72 bits per heavy atom.